The Balaban J connectivity index is 1.48. The Morgan fingerprint density at radius 3 is 2.35 bits per heavy atom. The van der Waals surface area contributed by atoms with Crippen LogP contribution in [0.4, 0.5) is 5.69 Å². The first-order valence-electron chi connectivity index (χ1n) is 11.7. The third-order valence-corrected chi connectivity index (χ3v) is 6.69. The Hall–Kier alpha value is -2.95. The number of anilines is 1. The average Bonchev–Trinajstić information content (AvgIpc) is 2.85. The fourth-order valence-corrected chi connectivity index (χ4v) is 4.93. The highest BCUT2D eigenvalue weighted by Gasteiger charge is 2.22. The van der Waals surface area contributed by atoms with Crippen LogP contribution in [0.25, 0.3) is 10.9 Å². The van der Waals surface area contributed by atoms with E-state index in [2.05, 4.69) is 34.3 Å². The largest absolute Gasteiger partial charge is 0.372 e. The van der Waals surface area contributed by atoms with Crippen LogP contribution in [0.15, 0.2) is 58.4 Å². The lowest BCUT2D eigenvalue weighted by molar-refractivity contribution is 0.416. The van der Waals surface area contributed by atoms with E-state index in [1.54, 1.807) is 10.9 Å². The fraction of sp³-hybridized carbons (Fsp3) is 0.423. The first-order chi connectivity index (χ1) is 15.3. The van der Waals surface area contributed by atoms with Gasteiger partial charge in [0.15, 0.2) is 0 Å². The van der Waals surface area contributed by atoms with Crippen LogP contribution in [0, 0.1) is 0 Å². The predicted octanol–water partition coefficient (Wildman–Crippen LogP) is 5.32. The topological polar surface area (TPSA) is 50.5 Å². The molecule has 5 rings (SSSR count). The van der Waals surface area contributed by atoms with Crippen LogP contribution < -0.4 is 10.5 Å². The summed E-state index contributed by atoms with van der Waals surface area (Å²) in [5.41, 5.74) is 2.96. The average molecular weight is 415 g/mol. The second-order valence-corrected chi connectivity index (χ2v) is 8.82. The van der Waals surface area contributed by atoms with Gasteiger partial charge in [0, 0.05) is 24.7 Å². The Labute approximate surface area is 183 Å². The number of aromatic nitrogens is 2. The summed E-state index contributed by atoms with van der Waals surface area (Å²) in [5.74, 6) is 1.11. The number of rotatable bonds is 4. The lowest BCUT2D eigenvalue weighted by atomic mass is 9.88. The molecule has 0 atom stereocenters. The second-order valence-electron chi connectivity index (χ2n) is 8.82. The van der Waals surface area contributed by atoms with Gasteiger partial charge >= 0.3 is 0 Å². The molecule has 2 heterocycles. The first kappa shape index (κ1) is 20.0. The molecular formula is C26H30N4O. The van der Waals surface area contributed by atoms with E-state index in [0.717, 1.165) is 42.8 Å². The van der Waals surface area contributed by atoms with Crippen LogP contribution in [0.1, 0.15) is 68.7 Å². The van der Waals surface area contributed by atoms with Crippen molar-refractivity contribution < 1.29 is 0 Å². The number of piperidine rings is 1. The summed E-state index contributed by atoms with van der Waals surface area (Å²) in [7, 11) is 0. The molecular weight excluding hydrogens is 384 g/mol. The second kappa shape index (κ2) is 9.04. The zero-order valence-electron chi connectivity index (χ0n) is 18.0. The molecule has 2 fully saturated rings. The minimum Gasteiger partial charge on any atom is -0.372 e. The molecule has 5 heteroatoms. The quantitative estimate of drug-likeness (QED) is 0.543. The molecule has 3 aromatic rings. The number of hydrogen-bond donors (Lipinski definition) is 0. The lowest BCUT2D eigenvalue weighted by Crippen LogP contribution is -2.29. The van der Waals surface area contributed by atoms with Gasteiger partial charge in [-0.2, -0.15) is 9.78 Å². The SMILES string of the molecule is O=c1c2ccccc2nc(C2CCCCC2)n1N=Cc1ccc(N2CCCCC2)cc1. The standard InChI is InChI=1S/C26H30N4O/c31-26-23-11-5-6-12-24(23)28-25(21-9-3-1-4-10-21)30(26)27-19-20-13-15-22(16-14-20)29-17-7-2-8-18-29/h5-6,11-16,19,21H,1-4,7-10,17-18H2. The molecule has 1 saturated carbocycles. The maximum absolute atomic E-state index is 13.3. The van der Waals surface area contributed by atoms with Crippen molar-refractivity contribution in [3.05, 3.63) is 70.3 Å². The number of fused-ring (bicyclic) bond motifs is 1. The summed E-state index contributed by atoms with van der Waals surface area (Å²) in [6.45, 7) is 2.27. The maximum Gasteiger partial charge on any atom is 0.282 e. The Morgan fingerprint density at radius 2 is 1.58 bits per heavy atom. The van der Waals surface area contributed by atoms with E-state index in [1.807, 2.05) is 24.3 Å². The zero-order valence-corrected chi connectivity index (χ0v) is 18.0. The highest BCUT2D eigenvalue weighted by Crippen LogP contribution is 2.31. The Morgan fingerprint density at radius 1 is 0.871 bits per heavy atom. The molecule has 2 aromatic carbocycles. The Bertz CT molecular complexity index is 1120. The van der Waals surface area contributed by atoms with E-state index in [9.17, 15) is 4.79 Å². The number of hydrogen-bond acceptors (Lipinski definition) is 4. The molecule has 0 bridgehead atoms. The smallest absolute Gasteiger partial charge is 0.282 e. The molecule has 1 aliphatic heterocycles. The number of nitrogens with zero attached hydrogens (tertiary/aromatic N) is 4. The van der Waals surface area contributed by atoms with Gasteiger partial charge in [-0.3, -0.25) is 4.79 Å². The normalized spacial score (nSPS) is 18.1. The molecule has 0 N–H and O–H groups in total. The minimum atomic E-state index is -0.0765. The van der Waals surface area contributed by atoms with E-state index in [4.69, 9.17) is 4.98 Å². The third-order valence-electron chi connectivity index (χ3n) is 6.69. The summed E-state index contributed by atoms with van der Waals surface area (Å²) in [4.78, 5) is 20.6. The molecule has 2 aliphatic rings. The van der Waals surface area contributed by atoms with Crippen molar-refractivity contribution in [2.24, 2.45) is 5.10 Å². The van der Waals surface area contributed by atoms with Crippen LogP contribution in [0.2, 0.25) is 0 Å². The predicted molar refractivity (Wildman–Crippen MR) is 127 cm³/mol. The molecule has 0 radical (unpaired) electrons. The van der Waals surface area contributed by atoms with Gasteiger partial charge in [-0.15, -0.1) is 0 Å². The van der Waals surface area contributed by atoms with Gasteiger partial charge in [0.05, 0.1) is 17.1 Å². The molecule has 5 nitrogen and oxygen atoms in total. The summed E-state index contributed by atoms with van der Waals surface area (Å²) < 4.78 is 1.55. The first-order valence-corrected chi connectivity index (χ1v) is 11.7. The minimum absolute atomic E-state index is 0.0765. The highest BCUT2D eigenvalue weighted by atomic mass is 16.1. The van der Waals surface area contributed by atoms with Crippen molar-refractivity contribution in [1.82, 2.24) is 9.66 Å². The maximum atomic E-state index is 13.3. The van der Waals surface area contributed by atoms with E-state index in [-0.39, 0.29) is 5.56 Å². The van der Waals surface area contributed by atoms with Crippen molar-refractivity contribution in [1.29, 1.82) is 0 Å². The van der Waals surface area contributed by atoms with Gasteiger partial charge in [-0.05, 0) is 61.9 Å². The van der Waals surface area contributed by atoms with Gasteiger partial charge in [0.2, 0.25) is 0 Å². The van der Waals surface area contributed by atoms with E-state index < -0.39 is 0 Å². The molecule has 0 amide bonds. The summed E-state index contributed by atoms with van der Waals surface area (Å²) in [5, 5.41) is 5.27. The fourth-order valence-electron chi connectivity index (χ4n) is 4.93. The monoisotopic (exact) mass is 414 g/mol. The van der Waals surface area contributed by atoms with Crippen LogP contribution in [0.3, 0.4) is 0 Å². The van der Waals surface area contributed by atoms with Crippen molar-refractivity contribution in [2.45, 2.75) is 57.3 Å². The highest BCUT2D eigenvalue weighted by molar-refractivity contribution is 5.81. The molecule has 0 unspecified atom stereocenters. The van der Waals surface area contributed by atoms with Crippen LogP contribution >= 0.6 is 0 Å². The van der Waals surface area contributed by atoms with Crippen LogP contribution in [-0.4, -0.2) is 29.0 Å². The van der Waals surface area contributed by atoms with E-state index >= 15 is 0 Å². The Kier molecular flexibility index (Phi) is 5.83. The molecule has 0 spiro atoms. The summed E-state index contributed by atoms with van der Waals surface area (Å²) in [6.07, 6.45) is 11.5. The van der Waals surface area contributed by atoms with Crippen molar-refractivity contribution >= 4 is 22.8 Å². The summed E-state index contributed by atoms with van der Waals surface area (Å²) >= 11 is 0. The van der Waals surface area contributed by atoms with Crippen LogP contribution in [-0.2, 0) is 0 Å². The van der Waals surface area contributed by atoms with Gasteiger partial charge in [-0.1, -0.05) is 43.5 Å². The van der Waals surface area contributed by atoms with Crippen LogP contribution in [0.5, 0.6) is 0 Å². The molecule has 160 valence electrons. The van der Waals surface area contributed by atoms with Gasteiger partial charge in [0.25, 0.3) is 5.56 Å². The molecule has 31 heavy (non-hydrogen) atoms. The third kappa shape index (κ3) is 4.27. The zero-order chi connectivity index (χ0) is 21.0. The molecule has 1 saturated heterocycles. The molecule has 1 aliphatic carbocycles. The number of benzene rings is 2. The van der Waals surface area contributed by atoms with Gasteiger partial charge in [-0.25, -0.2) is 4.98 Å². The van der Waals surface area contributed by atoms with Crippen molar-refractivity contribution in [3.8, 4) is 0 Å². The summed E-state index contributed by atoms with van der Waals surface area (Å²) in [6, 6.07) is 16.1. The van der Waals surface area contributed by atoms with Gasteiger partial charge in [0.1, 0.15) is 5.82 Å². The van der Waals surface area contributed by atoms with Gasteiger partial charge < -0.3 is 4.90 Å². The molecule has 1 aromatic heterocycles. The van der Waals surface area contributed by atoms with E-state index in [1.165, 1.54) is 44.2 Å². The van der Waals surface area contributed by atoms with Crippen molar-refractivity contribution in [3.63, 3.8) is 0 Å². The van der Waals surface area contributed by atoms with E-state index in [0.29, 0.717) is 11.3 Å². The lowest BCUT2D eigenvalue weighted by Gasteiger charge is -2.28. The number of para-hydroxylation sites is 1. The van der Waals surface area contributed by atoms with Crippen molar-refractivity contribution in [2.75, 3.05) is 18.0 Å².